The standard InChI is InChI=1S/C24H23N3O4S2/c1-32-13-11-21(25)23(29)31-22(28)19-10-9-17(14-20(19)16-6-3-2-4-7-16)27-24(30)33-18-8-5-12-26-15-18/h2-10,12,14-15,21H,11,13,25H2,1H3,(H,27,30)/t21-/m0/s1. The Balaban J connectivity index is 1.81. The smallest absolute Gasteiger partial charge is 0.346 e. The summed E-state index contributed by atoms with van der Waals surface area (Å²) in [4.78, 5) is 42.1. The Morgan fingerprint density at radius 3 is 2.58 bits per heavy atom. The lowest BCUT2D eigenvalue weighted by Crippen LogP contribution is -2.34. The van der Waals surface area contributed by atoms with Crippen LogP contribution in [0.3, 0.4) is 0 Å². The van der Waals surface area contributed by atoms with Crippen molar-refractivity contribution in [1.29, 1.82) is 0 Å². The fourth-order valence-electron chi connectivity index (χ4n) is 2.90. The number of hydrogen-bond donors (Lipinski definition) is 2. The van der Waals surface area contributed by atoms with Crippen molar-refractivity contribution in [3.05, 3.63) is 78.6 Å². The highest BCUT2D eigenvalue weighted by molar-refractivity contribution is 8.13. The van der Waals surface area contributed by atoms with Gasteiger partial charge in [-0.25, -0.2) is 9.59 Å². The highest BCUT2D eigenvalue weighted by Gasteiger charge is 2.22. The van der Waals surface area contributed by atoms with Crippen LogP contribution in [0.5, 0.6) is 0 Å². The van der Waals surface area contributed by atoms with E-state index in [9.17, 15) is 14.4 Å². The van der Waals surface area contributed by atoms with Gasteiger partial charge in [-0.05, 0) is 71.7 Å². The van der Waals surface area contributed by atoms with Crippen LogP contribution in [0, 0.1) is 0 Å². The molecule has 0 spiro atoms. The van der Waals surface area contributed by atoms with E-state index in [1.165, 1.54) is 6.07 Å². The number of thioether (sulfide) groups is 2. The quantitative estimate of drug-likeness (QED) is 0.267. The first-order chi connectivity index (χ1) is 16.0. The SMILES string of the molecule is CSCC[C@H](N)C(=O)OC(=O)c1ccc(NC(=O)Sc2cccnc2)cc1-c1ccccc1. The number of nitrogens with one attached hydrogen (secondary N) is 1. The molecule has 0 radical (unpaired) electrons. The van der Waals surface area contributed by atoms with Crippen molar-refractivity contribution >= 4 is 46.4 Å². The van der Waals surface area contributed by atoms with Crippen molar-refractivity contribution in [2.75, 3.05) is 17.3 Å². The number of benzene rings is 2. The van der Waals surface area contributed by atoms with E-state index < -0.39 is 18.0 Å². The zero-order chi connectivity index (χ0) is 23.6. The third-order valence-electron chi connectivity index (χ3n) is 4.54. The average Bonchev–Trinajstić information content (AvgIpc) is 2.83. The molecule has 0 aliphatic carbocycles. The van der Waals surface area contributed by atoms with Crippen molar-refractivity contribution in [1.82, 2.24) is 4.98 Å². The lowest BCUT2D eigenvalue weighted by molar-refractivity contribution is -0.139. The van der Waals surface area contributed by atoms with Crippen molar-refractivity contribution < 1.29 is 19.1 Å². The van der Waals surface area contributed by atoms with E-state index >= 15 is 0 Å². The first-order valence-electron chi connectivity index (χ1n) is 10.1. The number of hydrogen-bond acceptors (Lipinski definition) is 8. The molecule has 0 saturated carbocycles. The van der Waals surface area contributed by atoms with Crippen LogP contribution in [0.15, 0.2) is 78.0 Å². The topological polar surface area (TPSA) is 111 Å². The van der Waals surface area contributed by atoms with Gasteiger partial charge in [0.25, 0.3) is 5.24 Å². The average molecular weight is 482 g/mol. The van der Waals surface area contributed by atoms with E-state index in [-0.39, 0.29) is 10.8 Å². The summed E-state index contributed by atoms with van der Waals surface area (Å²) < 4.78 is 5.05. The molecule has 3 rings (SSSR count). The molecular formula is C24H23N3O4S2. The van der Waals surface area contributed by atoms with Crippen molar-refractivity contribution in [3.63, 3.8) is 0 Å². The number of nitrogens with zero attached hydrogens (tertiary/aromatic N) is 1. The highest BCUT2D eigenvalue weighted by Crippen LogP contribution is 2.29. The lowest BCUT2D eigenvalue weighted by Gasteiger charge is -2.14. The zero-order valence-electron chi connectivity index (χ0n) is 17.9. The number of aromatic nitrogens is 1. The van der Waals surface area contributed by atoms with Gasteiger partial charge in [0.15, 0.2) is 0 Å². The predicted molar refractivity (Wildman–Crippen MR) is 132 cm³/mol. The van der Waals surface area contributed by atoms with Crippen LogP contribution in [-0.2, 0) is 9.53 Å². The van der Waals surface area contributed by atoms with Crippen LogP contribution in [0.2, 0.25) is 0 Å². The first-order valence-corrected chi connectivity index (χ1v) is 12.3. The molecule has 3 N–H and O–H groups in total. The van der Waals surface area contributed by atoms with Gasteiger partial charge in [0, 0.05) is 23.0 Å². The van der Waals surface area contributed by atoms with Crippen LogP contribution in [-0.4, -0.2) is 40.2 Å². The zero-order valence-corrected chi connectivity index (χ0v) is 19.5. The number of esters is 2. The molecular weight excluding hydrogens is 458 g/mol. The molecule has 1 atom stereocenters. The summed E-state index contributed by atoms with van der Waals surface area (Å²) in [6.45, 7) is 0. The Kier molecular flexibility index (Phi) is 9.05. The van der Waals surface area contributed by atoms with Gasteiger partial charge < -0.3 is 15.8 Å². The number of carbonyl (C=O) groups is 3. The van der Waals surface area contributed by atoms with Crippen LogP contribution >= 0.6 is 23.5 Å². The Morgan fingerprint density at radius 1 is 1.09 bits per heavy atom. The maximum Gasteiger partial charge on any atom is 0.346 e. The number of ether oxygens (including phenoxy) is 1. The Morgan fingerprint density at radius 2 is 1.88 bits per heavy atom. The highest BCUT2D eigenvalue weighted by atomic mass is 32.2. The van der Waals surface area contributed by atoms with E-state index in [1.807, 2.05) is 36.6 Å². The molecule has 0 aliphatic heterocycles. The summed E-state index contributed by atoms with van der Waals surface area (Å²) in [5.41, 5.74) is 7.78. The normalized spacial score (nSPS) is 11.5. The molecule has 0 saturated heterocycles. The fourth-order valence-corrected chi connectivity index (χ4v) is 4.03. The molecule has 0 bridgehead atoms. The summed E-state index contributed by atoms with van der Waals surface area (Å²) in [5, 5.41) is 2.50. The minimum Gasteiger partial charge on any atom is -0.388 e. The number of pyridine rings is 1. The van der Waals surface area contributed by atoms with E-state index in [2.05, 4.69) is 10.3 Å². The van der Waals surface area contributed by atoms with Crippen molar-refractivity contribution in [2.45, 2.75) is 17.4 Å². The van der Waals surface area contributed by atoms with Gasteiger partial charge in [-0.2, -0.15) is 11.8 Å². The third-order valence-corrected chi connectivity index (χ3v) is 5.95. The largest absolute Gasteiger partial charge is 0.388 e. The third kappa shape index (κ3) is 7.18. The number of amides is 1. The molecule has 3 aromatic rings. The molecule has 0 unspecified atom stereocenters. The summed E-state index contributed by atoms with van der Waals surface area (Å²) in [6, 6.07) is 16.6. The van der Waals surface area contributed by atoms with Gasteiger partial charge in [-0.1, -0.05) is 30.3 Å². The molecule has 9 heteroatoms. The van der Waals surface area contributed by atoms with Gasteiger partial charge in [-0.3, -0.25) is 9.78 Å². The van der Waals surface area contributed by atoms with Crippen molar-refractivity contribution in [2.24, 2.45) is 5.73 Å². The Hall–Kier alpha value is -3.14. The second-order valence-electron chi connectivity index (χ2n) is 6.93. The van der Waals surface area contributed by atoms with Gasteiger partial charge >= 0.3 is 11.9 Å². The molecule has 0 fully saturated rings. The van der Waals surface area contributed by atoms with E-state index in [0.717, 1.165) is 17.3 Å². The molecule has 170 valence electrons. The second-order valence-corrected chi connectivity index (χ2v) is 8.96. The fraction of sp³-hybridized carbons (Fsp3) is 0.167. The maximum absolute atomic E-state index is 12.8. The molecule has 2 aromatic carbocycles. The molecule has 0 aliphatic rings. The van der Waals surface area contributed by atoms with Crippen LogP contribution in [0.1, 0.15) is 16.8 Å². The number of carbonyl (C=O) groups excluding carboxylic acids is 3. The second kappa shape index (κ2) is 12.2. The van der Waals surface area contributed by atoms with Crippen LogP contribution in [0.4, 0.5) is 10.5 Å². The molecule has 33 heavy (non-hydrogen) atoms. The van der Waals surface area contributed by atoms with E-state index in [4.69, 9.17) is 10.5 Å². The van der Waals surface area contributed by atoms with Gasteiger partial charge in [0.1, 0.15) is 6.04 Å². The number of nitrogens with two attached hydrogens (primary N) is 1. The Labute approximate surface area is 200 Å². The molecule has 7 nitrogen and oxygen atoms in total. The van der Waals surface area contributed by atoms with Gasteiger partial charge in [0.05, 0.1) is 5.56 Å². The van der Waals surface area contributed by atoms with Crippen LogP contribution in [0.25, 0.3) is 11.1 Å². The molecule has 1 aromatic heterocycles. The summed E-state index contributed by atoms with van der Waals surface area (Å²) >= 11 is 2.56. The van der Waals surface area contributed by atoms with E-state index in [1.54, 1.807) is 48.4 Å². The number of anilines is 1. The minimum atomic E-state index is -0.871. The lowest BCUT2D eigenvalue weighted by atomic mass is 9.99. The monoisotopic (exact) mass is 481 g/mol. The van der Waals surface area contributed by atoms with E-state index in [0.29, 0.717) is 28.3 Å². The van der Waals surface area contributed by atoms with Crippen molar-refractivity contribution in [3.8, 4) is 11.1 Å². The first kappa shape index (κ1) is 24.5. The number of rotatable bonds is 8. The summed E-state index contributed by atoms with van der Waals surface area (Å²) in [6.07, 6.45) is 5.55. The maximum atomic E-state index is 12.8. The summed E-state index contributed by atoms with van der Waals surface area (Å²) in [7, 11) is 0. The van der Waals surface area contributed by atoms with Crippen LogP contribution < -0.4 is 11.1 Å². The minimum absolute atomic E-state index is 0.199. The molecule has 1 amide bonds. The predicted octanol–water partition coefficient (Wildman–Crippen LogP) is 4.84. The van der Waals surface area contributed by atoms with Gasteiger partial charge in [0.2, 0.25) is 0 Å². The summed E-state index contributed by atoms with van der Waals surface area (Å²) in [5.74, 6) is -0.870. The molecule has 1 heterocycles. The Bertz CT molecular complexity index is 1110. The van der Waals surface area contributed by atoms with Gasteiger partial charge in [-0.15, -0.1) is 0 Å².